The maximum absolute atomic E-state index is 11.7. The Labute approximate surface area is 123 Å². The van der Waals surface area contributed by atoms with Gasteiger partial charge in [0.1, 0.15) is 16.9 Å². The lowest BCUT2D eigenvalue weighted by molar-refractivity contribution is 0.0636. The van der Waals surface area contributed by atoms with E-state index in [1.165, 1.54) is 19.2 Å². The molecule has 1 aromatic heterocycles. The van der Waals surface area contributed by atoms with Crippen molar-refractivity contribution in [2.75, 3.05) is 5.32 Å². The van der Waals surface area contributed by atoms with Gasteiger partial charge < -0.3 is 9.84 Å². The number of nitrogens with one attached hydrogen (secondary N) is 1. The molecular weight excluding hydrogens is 280 g/mol. The molecule has 0 saturated carbocycles. The van der Waals surface area contributed by atoms with Crippen LogP contribution in [0.25, 0.3) is 0 Å². The molecule has 0 spiro atoms. The molecule has 0 aliphatic carbocycles. The van der Waals surface area contributed by atoms with Gasteiger partial charge in [0.15, 0.2) is 0 Å². The summed E-state index contributed by atoms with van der Waals surface area (Å²) >= 11 is 5.79. The molecule has 5 nitrogen and oxygen atoms in total. The minimum Gasteiger partial charge on any atom is -0.444 e. The van der Waals surface area contributed by atoms with Gasteiger partial charge in [-0.05, 0) is 33.8 Å². The van der Waals surface area contributed by atoms with Crippen LogP contribution in [0.15, 0.2) is 12.3 Å². The Hall–Kier alpha value is -1.77. The van der Waals surface area contributed by atoms with Crippen LogP contribution < -0.4 is 5.32 Å². The van der Waals surface area contributed by atoms with Crippen molar-refractivity contribution < 1.29 is 14.6 Å². The number of halogens is 1. The first-order valence-corrected chi connectivity index (χ1v) is 6.40. The molecule has 6 heteroatoms. The summed E-state index contributed by atoms with van der Waals surface area (Å²) in [4.78, 5) is 15.6. The average Bonchev–Trinajstić information content (AvgIpc) is 2.26. The van der Waals surface area contributed by atoms with Gasteiger partial charge in [0, 0.05) is 0 Å². The third-order valence-electron chi connectivity index (χ3n) is 1.92. The SMILES string of the molecule is C[C@@H](O)C#Cc1cc(Cl)ncc1NC(=O)OC(C)(C)C. The highest BCUT2D eigenvalue weighted by atomic mass is 35.5. The summed E-state index contributed by atoms with van der Waals surface area (Å²) in [7, 11) is 0. The second-order valence-electron chi connectivity index (χ2n) is 5.12. The number of hydrogen-bond donors (Lipinski definition) is 2. The molecule has 0 radical (unpaired) electrons. The van der Waals surface area contributed by atoms with Crippen LogP contribution in [0.3, 0.4) is 0 Å². The predicted molar refractivity (Wildman–Crippen MR) is 77.7 cm³/mol. The van der Waals surface area contributed by atoms with E-state index in [-0.39, 0.29) is 5.15 Å². The molecule has 0 bridgehead atoms. The fourth-order valence-corrected chi connectivity index (χ4v) is 1.39. The fraction of sp³-hybridized carbons (Fsp3) is 0.429. The molecule has 20 heavy (non-hydrogen) atoms. The van der Waals surface area contributed by atoms with Crippen molar-refractivity contribution in [1.29, 1.82) is 0 Å². The predicted octanol–water partition coefficient (Wildman–Crippen LogP) is 2.81. The highest BCUT2D eigenvalue weighted by Gasteiger charge is 2.17. The van der Waals surface area contributed by atoms with E-state index in [0.29, 0.717) is 11.3 Å². The lowest BCUT2D eigenvalue weighted by atomic mass is 10.2. The number of amides is 1. The first kappa shape index (κ1) is 16.3. The van der Waals surface area contributed by atoms with Gasteiger partial charge in [0.2, 0.25) is 0 Å². The molecule has 1 heterocycles. The van der Waals surface area contributed by atoms with E-state index in [1.807, 2.05) is 0 Å². The van der Waals surface area contributed by atoms with Gasteiger partial charge in [-0.1, -0.05) is 23.4 Å². The standard InChI is InChI=1S/C14H17ClN2O3/c1-9(18)5-6-10-7-12(15)16-8-11(10)17-13(19)20-14(2,3)4/h7-9,18H,1-4H3,(H,17,19)/t9-/m1/s1. The van der Waals surface area contributed by atoms with Gasteiger partial charge in [-0.15, -0.1) is 0 Å². The number of carbonyl (C=O) groups excluding carboxylic acids is 1. The van der Waals surface area contributed by atoms with E-state index < -0.39 is 17.8 Å². The summed E-state index contributed by atoms with van der Waals surface area (Å²) in [5, 5.41) is 12.0. The third kappa shape index (κ3) is 5.91. The number of anilines is 1. The molecular formula is C14H17ClN2O3. The van der Waals surface area contributed by atoms with Gasteiger partial charge in [-0.3, -0.25) is 5.32 Å². The molecule has 0 aliphatic rings. The molecule has 108 valence electrons. The number of hydrogen-bond acceptors (Lipinski definition) is 4. The van der Waals surface area contributed by atoms with Crippen LogP contribution in [-0.2, 0) is 4.74 Å². The number of ether oxygens (including phenoxy) is 1. The van der Waals surface area contributed by atoms with E-state index >= 15 is 0 Å². The Morgan fingerprint density at radius 1 is 1.55 bits per heavy atom. The molecule has 0 aliphatic heterocycles. The van der Waals surface area contributed by atoms with Crippen LogP contribution in [0.1, 0.15) is 33.3 Å². The van der Waals surface area contributed by atoms with Gasteiger partial charge in [-0.2, -0.15) is 0 Å². The molecule has 0 fully saturated rings. The fourth-order valence-electron chi connectivity index (χ4n) is 1.23. The van der Waals surface area contributed by atoms with Gasteiger partial charge >= 0.3 is 6.09 Å². The molecule has 1 atom stereocenters. The summed E-state index contributed by atoms with van der Waals surface area (Å²) < 4.78 is 5.14. The number of rotatable bonds is 1. The topological polar surface area (TPSA) is 71.5 Å². The summed E-state index contributed by atoms with van der Waals surface area (Å²) in [6.07, 6.45) is -0.00350. The maximum atomic E-state index is 11.7. The molecule has 0 saturated heterocycles. The Morgan fingerprint density at radius 3 is 2.75 bits per heavy atom. The highest BCUT2D eigenvalue weighted by Crippen LogP contribution is 2.18. The summed E-state index contributed by atoms with van der Waals surface area (Å²) in [5.74, 6) is 5.30. The van der Waals surface area contributed by atoms with Crippen LogP contribution >= 0.6 is 11.6 Å². The lowest BCUT2D eigenvalue weighted by Crippen LogP contribution is -2.27. The van der Waals surface area contributed by atoms with E-state index in [9.17, 15) is 9.90 Å². The third-order valence-corrected chi connectivity index (χ3v) is 2.13. The van der Waals surface area contributed by atoms with Gasteiger partial charge in [-0.25, -0.2) is 9.78 Å². The van der Waals surface area contributed by atoms with Crippen LogP contribution in [0.2, 0.25) is 5.15 Å². The zero-order valence-corrected chi connectivity index (χ0v) is 12.6. The Balaban J connectivity index is 2.96. The van der Waals surface area contributed by atoms with Crippen LogP contribution in [0, 0.1) is 11.8 Å². The van der Waals surface area contributed by atoms with Crippen LogP contribution in [-0.4, -0.2) is 27.9 Å². The van der Waals surface area contributed by atoms with Crippen molar-refractivity contribution in [2.24, 2.45) is 0 Å². The number of carbonyl (C=O) groups is 1. The largest absolute Gasteiger partial charge is 0.444 e. The molecule has 1 aromatic rings. The van der Waals surface area contributed by atoms with Gasteiger partial charge in [0.05, 0.1) is 17.4 Å². The summed E-state index contributed by atoms with van der Waals surface area (Å²) in [6, 6.07) is 1.50. The summed E-state index contributed by atoms with van der Waals surface area (Å²) in [5.41, 5.74) is 0.226. The van der Waals surface area contributed by atoms with E-state index in [2.05, 4.69) is 22.1 Å². The zero-order chi connectivity index (χ0) is 15.3. The van der Waals surface area contributed by atoms with E-state index in [1.54, 1.807) is 20.8 Å². The number of aliphatic hydroxyl groups excluding tert-OH is 1. The van der Waals surface area contributed by atoms with Crippen molar-refractivity contribution in [3.8, 4) is 11.8 Å². The number of pyridine rings is 1. The van der Waals surface area contributed by atoms with Crippen molar-refractivity contribution in [1.82, 2.24) is 4.98 Å². The maximum Gasteiger partial charge on any atom is 0.412 e. The second kappa shape index (κ2) is 6.60. The normalized spacial score (nSPS) is 12.1. The van der Waals surface area contributed by atoms with Crippen molar-refractivity contribution in [3.63, 3.8) is 0 Å². The Bertz CT molecular complexity index is 554. The first-order valence-electron chi connectivity index (χ1n) is 6.02. The monoisotopic (exact) mass is 296 g/mol. The van der Waals surface area contributed by atoms with Crippen molar-refractivity contribution in [2.45, 2.75) is 39.4 Å². The van der Waals surface area contributed by atoms with E-state index in [0.717, 1.165) is 0 Å². The highest BCUT2D eigenvalue weighted by molar-refractivity contribution is 6.29. The average molecular weight is 297 g/mol. The van der Waals surface area contributed by atoms with Crippen LogP contribution in [0.4, 0.5) is 10.5 Å². The molecule has 0 unspecified atom stereocenters. The second-order valence-corrected chi connectivity index (χ2v) is 5.51. The van der Waals surface area contributed by atoms with Gasteiger partial charge in [0.25, 0.3) is 0 Å². The van der Waals surface area contributed by atoms with Crippen molar-refractivity contribution in [3.05, 3.63) is 23.0 Å². The minimum absolute atomic E-state index is 0.245. The van der Waals surface area contributed by atoms with Crippen molar-refractivity contribution >= 4 is 23.4 Å². The Kier molecular flexibility index (Phi) is 5.37. The summed E-state index contributed by atoms with van der Waals surface area (Å²) in [6.45, 7) is 6.83. The Morgan fingerprint density at radius 2 is 2.20 bits per heavy atom. The first-order chi connectivity index (χ1) is 9.17. The molecule has 1 rings (SSSR count). The number of aliphatic hydroxyl groups is 1. The zero-order valence-electron chi connectivity index (χ0n) is 11.8. The van der Waals surface area contributed by atoms with Crippen LogP contribution in [0.5, 0.6) is 0 Å². The quantitative estimate of drug-likeness (QED) is 0.617. The lowest BCUT2D eigenvalue weighted by Gasteiger charge is -2.19. The number of nitrogens with zero attached hydrogens (tertiary/aromatic N) is 1. The molecule has 1 amide bonds. The van der Waals surface area contributed by atoms with E-state index in [4.69, 9.17) is 16.3 Å². The molecule has 0 aromatic carbocycles. The smallest absolute Gasteiger partial charge is 0.412 e. The molecule has 2 N–H and O–H groups in total. The minimum atomic E-state index is -0.781. The number of aromatic nitrogens is 1.